The molecule has 11 rings (SSSR count). The molecule has 2 aromatic heterocycles. The zero-order chi connectivity index (χ0) is 108. The van der Waals surface area contributed by atoms with Gasteiger partial charge in [0.15, 0.2) is 61.0 Å². The average Bonchev–Trinajstić information content (AvgIpc) is 1.23. The lowest BCUT2D eigenvalue weighted by Gasteiger charge is -2.35. The average molecular weight is 2180 g/mol. The number of benzene rings is 4. The fourth-order valence-electron chi connectivity index (χ4n) is 17.5. The van der Waals surface area contributed by atoms with Gasteiger partial charge in [0.1, 0.15) is 54.2 Å². The van der Waals surface area contributed by atoms with Crippen LogP contribution in [0.2, 0.25) is 0 Å². The highest BCUT2D eigenvalue weighted by molar-refractivity contribution is 8.07. The molecule has 14 N–H and O–H groups in total. The van der Waals surface area contributed by atoms with Gasteiger partial charge >= 0.3 is 18.3 Å². The number of pyridine rings is 2. The van der Waals surface area contributed by atoms with Crippen LogP contribution in [0.3, 0.4) is 0 Å². The van der Waals surface area contributed by atoms with Crippen molar-refractivity contribution < 1.29 is 141 Å². The molecule has 0 aliphatic carbocycles. The molecule has 0 radical (unpaired) electrons. The molecule has 7 amide bonds. The number of nitrogens with one attached hydrogen (secondary N) is 3. The number of allylic oxidation sites excluding steroid dienone is 2. The molecule has 6 aromatic rings. The number of carboxylic acids is 1. The van der Waals surface area contributed by atoms with E-state index in [1.54, 1.807) is 68.3 Å². The first-order valence-corrected chi connectivity index (χ1v) is 53.3. The molecule has 11 atom stereocenters. The maximum atomic E-state index is 13.4. The number of aliphatic hydroxyl groups excluding tert-OH is 6. The number of carbonyl (C=O) groups excluding carboxylic acids is 15. The molecule has 5 saturated heterocycles. The summed E-state index contributed by atoms with van der Waals surface area (Å²) in [5.41, 5.74) is 20.0. The number of thioether (sulfide) groups is 2. The van der Waals surface area contributed by atoms with Crippen molar-refractivity contribution in [2.45, 2.75) is 276 Å². The topological polar surface area (TPSA) is 557 Å². The third kappa shape index (κ3) is 45.0. The number of aryl methyl sites for hydroxylation is 4. The Morgan fingerprint density at radius 2 is 0.920 bits per heavy atom. The van der Waals surface area contributed by atoms with Crippen LogP contribution in [0.25, 0.3) is 12.2 Å². The molecule has 5 aliphatic rings. The summed E-state index contributed by atoms with van der Waals surface area (Å²) in [6.45, 7) is 10.3. The van der Waals surface area contributed by atoms with Gasteiger partial charge in [-0.2, -0.15) is 56.2 Å². The molecule has 150 heavy (non-hydrogen) atoms. The molecule has 5 fully saturated rings. The summed E-state index contributed by atoms with van der Waals surface area (Å²) in [4.78, 5) is 190. The quantitative estimate of drug-likeness (QED) is 0.00732. The molecule has 0 spiro atoms. The third-order valence-corrected chi connectivity index (χ3v) is 26.1. The van der Waals surface area contributed by atoms with Gasteiger partial charge in [0.05, 0.1) is 35.9 Å². The predicted octanol–water partition coefficient (Wildman–Crippen LogP) is 9.15. The number of aliphatic carboxylic acids is 1. The number of likely N-dealkylation sites (tertiary alicyclic amines) is 3. The largest absolute Gasteiger partial charge is 0.481 e. The smallest absolute Gasteiger partial charge is 0.373 e. The third-order valence-electron chi connectivity index (χ3n) is 25.2. The van der Waals surface area contributed by atoms with Gasteiger partial charge in [-0.05, 0) is 212 Å². The van der Waals surface area contributed by atoms with E-state index in [1.165, 1.54) is 11.8 Å². The monoisotopic (exact) mass is 2180 g/mol. The van der Waals surface area contributed by atoms with Crippen molar-refractivity contribution in [2.24, 2.45) is 23.3 Å². The number of aliphatic hydroxyl groups is 6. The number of carbonyl (C=O) groups is 12. The van der Waals surface area contributed by atoms with Gasteiger partial charge in [-0.3, -0.25) is 62.4 Å². The van der Waals surface area contributed by atoms with Gasteiger partial charge < -0.3 is 91.9 Å². The van der Waals surface area contributed by atoms with Crippen molar-refractivity contribution >= 4 is 166 Å². The van der Waals surface area contributed by atoms with E-state index in [0.29, 0.717) is 48.9 Å². The summed E-state index contributed by atoms with van der Waals surface area (Å²) >= 11 is 10.3. The summed E-state index contributed by atoms with van der Waals surface area (Å²) < 4.78 is 26.9. The second-order valence-corrected chi connectivity index (χ2v) is 38.5. The van der Waals surface area contributed by atoms with E-state index in [2.05, 4.69) is 38.3 Å². The zero-order valence-corrected chi connectivity index (χ0v) is 89.0. The number of piperidine rings is 2. The zero-order valence-electron chi connectivity index (χ0n) is 84.7. The summed E-state index contributed by atoms with van der Waals surface area (Å²) in [7, 11) is 0. The summed E-state index contributed by atoms with van der Waals surface area (Å²) in [6, 6.07) is 28.0. The highest BCUT2D eigenvalue weighted by Crippen LogP contribution is 2.37. The first-order chi connectivity index (χ1) is 70.5. The molecule has 0 bridgehead atoms. The lowest BCUT2D eigenvalue weighted by Crippen LogP contribution is -2.54. The van der Waals surface area contributed by atoms with Crippen LogP contribution in [0.15, 0.2) is 134 Å². The molecular weight excluding hydrogens is 2030 g/mol. The first kappa shape index (κ1) is 133. The second kappa shape index (κ2) is 71.5. The maximum Gasteiger partial charge on any atom is 0.373 e. The number of carboxylic acid groups (broad SMARTS) is 1. The molecule has 5 aliphatic heterocycles. The van der Waals surface area contributed by atoms with Gasteiger partial charge in [0.25, 0.3) is 11.8 Å². The first-order valence-electron chi connectivity index (χ1n) is 49.0. The van der Waals surface area contributed by atoms with Crippen molar-refractivity contribution in [1.29, 1.82) is 0 Å². The molecule has 42 heteroatoms. The van der Waals surface area contributed by atoms with E-state index in [0.717, 1.165) is 153 Å². The van der Waals surface area contributed by atoms with E-state index >= 15 is 0 Å². The number of Topliss-reactive ketones (excluding diaryl/α,β-unsaturated/α-hetero) is 2. The maximum absolute atomic E-state index is 13.4. The standard InChI is InChI=1S/C51H67N5O12.C51H65N5O11S.C2H6S.2CO2.2CH4.S2.H2S/c1-33-10-6-13-38(26-33)50(66)56-24-21-35(22-25-56)11-4-3-5-14-39(57)20-19-36-12-9-23-55(30-36)31-37-27-34(2)49(68-51-48(65)47(64)43(59)32-67-51)40(28-37)53-44(60)16-7-15-42(58)41(29-52)54-45(61)17-8-18-46(62)63;1-32-10-7-13-37(24-32)49(64)55-22-19-34(20-23-55)11-5-4-6-14-38(57)18-17-35-12-9-21-54(29-35)30-36-25-33(2)48(67-51-47(63)46(62)42(59)31-66-51)39(26-36)53-44(60)16-8-15-41(58)40(28-52)56-45(61)27-43(68-3)50(56)65;1-3-2;2*2-1-3;;;1-2;/h6,9-10,12-13,19-20,23,26-28,30,35,41,43,47-48,51,59,64-65H,3-5,7-8,11,14-18,21-22,24-25,29,31-32,52H2,1-2H3,(H2-,53,54,60,61,62,63);7,9-10,12-13,17-18,21,24-26,29,34,40,42-43,46-47,51,59,62-63H,4-6,8,11,14-16,19-20,22-23,27-28,30-31,52H2,1-3H3;1-2H3;;;2*1H4;;1H2/p+2/b20-19+;18-17+;;;;;;;/t41?,43?,47-,48-,51?;40?,42?,43?,46-,47-,51?;;;;;;;/m00......./s1. The van der Waals surface area contributed by atoms with E-state index in [-0.39, 0.29) is 183 Å². The number of unbranched alkanes of at least 4 members (excludes halogenated alkanes) is 4. The number of hydrogen-bond acceptors (Lipinski definition) is 32. The van der Waals surface area contributed by atoms with Crippen LogP contribution in [-0.2, 0) is 112 Å². The van der Waals surface area contributed by atoms with Gasteiger partial charge in [0, 0.05) is 165 Å². The number of nitrogens with two attached hydrogens (primary N) is 2. The number of rotatable bonds is 47. The molecule has 4 aromatic carbocycles. The number of aromatic nitrogens is 2. The van der Waals surface area contributed by atoms with Crippen LogP contribution >= 0.6 is 37.0 Å². The minimum absolute atomic E-state index is 0. The van der Waals surface area contributed by atoms with E-state index in [9.17, 15) is 88.2 Å². The molecule has 37 nitrogen and oxygen atoms in total. The fourth-order valence-corrected chi connectivity index (χ4v) is 18.1. The van der Waals surface area contributed by atoms with Crippen LogP contribution in [0.4, 0.5) is 11.4 Å². The Bertz CT molecular complexity index is 5470. The Morgan fingerprint density at radius 1 is 0.520 bits per heavy atom. The number of amides is 7. The van der Waals surface area contributed by atoms with Crippen molar-refractivity contribution in [3.05, 3.63) is 190 Å². The summed E-state index contributed by atoms with van der Waals surface area (Å²) in [5.74, 6) is -2.32. The van der Waals surface area contributed by atoms with E-state index in [1.807, 2.05) is 155 Å². The minimum Gasteiger partial charge on any atom is -0.481 e. The normalized spacial score (nSPS) is 18.7. The summed E-state index contributed by atoms with van der Waals surface area (Å²) in [5, 5.41) is 78.3. The van der Waals surface area contributed by atoms with Gasteiger partial charge in [-0.25, -0.2) is 9.13 Å². The Labute approximate surface area is 903 Å². The minimum atomic E-state index is -1.59. The number of hydrogen-bond donors (Lipinski definition) is 12. The number of ketones is 4. The van der Waals surface area contributed by atoms with Crippen LogP contribution in [0.5, 0.6) is 11.5 Å². The predicted molar refractivity (Wildman–Crippen MR) is 577 cm³/mol. The van der Waals surface area contributed by atoms with Crippen LogP contribution < -0.4 is 46.0 Å². The SMILES string of the molecule is C.C.CSC.CSC1CC(=O)N(C(CN)C(=O)CCCC(=O)Nc2cc(C[n+]3cccc(/C=C/C(=O)CCCCCC4CCN(C(=O)c5cccc(C)c5)CC4)c3)cc(C)c2OC2OCC(O)[C@H](O)[C@@H]2O)C1=O.Cc1cccc(C(=O)N2CCC(CCCCCC(=O)/C=C/c3ccc[n+](Cc4cc(C)c(OC5OCC(O)[C@H](O)[C@@H]5O)c(NC(=O)CCCC(=O)C(CN)NC(=O)CCCC(=O)O)c4)c3)CC2)c1.O=C=O.O=C=O.S.S=S. The molecular formula is C108H150N10O27S5+2. The number of imide groups is 1. The van der Waals surface area contributed by atoms with Gasteiger partial charge in [0.2, 0.25) is 42.1 Å². The Hall–Kier alpha value is -11.2. The highest BCUT2D eigenvalue weighted by Gasteiger charge is 2.45. The number of nitrogens with zero attached hydrogens (tertiary/aromatic N) is 5. The van der Waals surface area contributed by atoms with Crippen molar-refractivity contribution in [3.8, 4) is 11.5 Å². The van der Waals surface area contributed by atoms with E-state index < -0.39 is 108 Å². The van der Waals surface area contributed by atoms with Crippen LogP contribution in [-0.4, -0.2) is 271 Å². The lowest BCUT2D eigenvalue weighted by molar-refractivity contribution is -0.688. The molecule has 7 unspecified atom stereocenters. The van der Waals surface area contributed by atoms with Gasteiger partial charge in [-0.15, -0.1) is 0 Å². The lowest BCUT2D eigenvalue weighted by atomic mass is 9.90. The number of anilines is 2. The molecule has 822 valence electrons. The Morgan fingerprint density at radius 3 is 1.30 bits per heavy atom. The summed E-state index contributed by atoms with van der Waals surface area (Å²) in [6.07, 6.45) is 21.5. The van der Waals surface area contributed by atoms with Crippen molar-refractivity contribution in [1.82, 2.24) is 20.0 Å². The van der Waals surface area contributed by atoms with Crippen LogP contribution in [0.1, 0.15) is 234 Å². The second-order valence-electron chi connectivity index (χ2n) is 36.6. The van der Waals surface area contributed by atoms with Crippen molar-refractivity contribution in [2.75, 3.05) is 81.9 Å². The highest BCUT2D eigenvalue weighted by atomic mass is 32.8. The Kier molecular flexibility index (Phi) is 63.4. The molecule has 7 heterocycles. The van der Waals surface area contributed by atoms with E-state index in [4.69, 9.17) is 54.7 Å². The van der Waals surface area contributed by atoms with Crippen LogP contribution in [0, 0.1) is 39.5 Å². The Balaban J connectivity index is 0.000000690. The van der Waals surface area contributed by atoms with Gasteiger partial charge in [-0.1, -0.05) is 88.8 Å². The fraction of sp³-hybridized carbons (Fsp3) is 0.519. The van der Waals surface area contributed by atoms with Crippen molar-refractivity contribution in [3.63, 3.8) is 0 Å². The number of ether oxygens (including phenoxy) is 4. The molecule has 0 saturated carbocycles.